The number of rotatable bonds is 7. The molecule has 1 aliphatic rings. The monoisotopic (exact) mass is 424 g/mol. The molecule has 10 heteroatoms. The van der Waals surface area contributed by atoms with Gasteiger partial charge in [0.2, 0.25) is 5.95 Å². The summed E-state index contributed by atoms with van der Waals surface area (Å²) in [6, 6.07) is 7.70. The number of nitrogens with zero attached hydrogens (tertiary/aromatic N) is 5. The lowest BCUT2D eigenvalue weighted by atomic mass is 10.2. The minimum atomic E-state index is -0.904. The maximum atomic E-state index is 11.5. The number of amides is 1. The molecule has 2 heterocycles. The average molecular weight is 425 g/mol. The normalized spacial score (nSPS) is 14.2. The first-order chi connectivity index (χ1) is 14.9. The Morgan fingerprint density at radius 3 is 2.68 bits per heavy atom. The van der Waals surface area contributed by atoms with E-state index in [9.17, 15) is 10.1 Å². The molecule has 1 aromatic carbocycles. The summed E-state index contributed by atoms with van der Waals surface area (Å²) in [5.41, 5.74) is 7.06. The lowest BCUT2D eigenvalue weighted by Crippen LogP contribution is -2.46. The predicted molar refractivity (Wildman–Crippen MR) is 120 cm³/mol. The second kappa shape index (κ2) is 9.95. The first-order valence-corrected chi connectivity index (χ1v) is 10.3. The van der Waals surface area contributed by atoms with Crippen molar-refractivity contribution in [3.05, 3.63) is 30.0 Å². The Labute approximate surface area is 182 Å². The number of hydrogen-bond acceptors (Lipinski definition) is 9. The smallest absolute Gasteiger partial charge is 0.408 e. The molecule has 31 heavy (non-hydrogen) atoms. The van der Waals surface area contributed by atoms with Crippen molar-refractivity contribution < 1.29 is 9.53 Å². The van der Waals surface area contributed by atoms with E-state index in [1.165, 1.54) is 6.20 Å². The summed E-state index contributed by atoms with van der Waals surface area (Å²) >= 11 is 0. The Kier molecular flexibility index (Phi) is 7.10. The van der Waals surface area contributed by atoms with E-state index >= 15 is 0 Å². The van der Waals surface area contributed by atoms with Gasteiger partial charge in [-0.15, -0.1) is 0 Å². The quantitative estimate of drug-likeness (QED) is 0.613. The standard InChI is InChI=1S/C21H28N8O2/c1-4-28-7-9-29(10-8-28)16-5-6-17(18(11-16)31-20(23)30)26-21-24-13-15(12-22)19(27-21)25-14(2)3/h5-6,11,13-14H,4,7-10H2,1-3H3,(H2,23,30)(H2,24,25,26,27). The molecule has 4 N–H and O–H groups in total. The van der Waals surface area contributed by atoms with Gasteiger partial charge >= 0.3 is 6.09 Å². The van der Waals surface area contributed by atoms with Crippen LogP contribution in [-0.2, 0) is 0 Å². The number of carbonyl (C=O) groups is 1. The predicted octanol–water partition coefficient (Wildman–Crippen LogP) is 2.51. The van der Waals surface area contributed by atoms with E-state index in [0.717, 1.165) is 38.4 Å². The van der Waals surface area contributed by atoms with Gasteiger partial charge in [0.15, 0.2) is 5.75 Å². The zero-order chi connectivity index (χ0) is 22.4. The number of ether oxygens (including phenoxy) is 1. The van der Waals surface area contributed by atoms with Crippen LogP contribution in [0.1, 0.15) is 26.3 Å². The summed E-state index contributed by atoms with van der Waals surface area (Å²) in [6.45, 7) is 10.8. The number of nitriles is 1. The Hall–Kier alpha value is -3.58. The Balaban J connectivity index is 1.85. The van der Waals surface area contributed by atoms with E-state index in [1.54, 1.807) is 12.1 Å². The van der Waals surface area contributed by atoms with Crippen molar-refractivity contribution in [2.75, 3.05) is 48.3 Å². The number of likely N-dealkylation sites (N-methyl/N-ethyl adjacent to an activating group) is 1. The Morgan fingerprint density at radius 2 is 2.06 bits per heavy atom. The van der Waals surface area contributed by atoms with Gasteiger partial charge in [-0.25, -0.2) is 9.78 Å². The fraction of sp³-hybridized carbons (Fsp3) is 0.429. The fourth-order valence-corrected chi connectivity index (χ4v) is 3.35. The molecule has 0 atom stereocenters. The third-order valence-corrected chi connectivity index (χ3v) is 4.94. The number of carbonyl (C=O) groups excluding carboxylic acids is 1. The summed E-state index contributed by atoms with van der Waals surface area (Å²) in [5.74, 6) is 0.979. The van der Waals surface area contributed by atoms with Gasteiger partial charge in [0.05, 0.1) is 11.9 Å². The lowest BCUT2D eigenvalue weighted by Gasteiger charge is -2.35. The highest BCUT2D eigenvalue weighted by molar-refractivity contribution is 5.75. The number of anilines is 4. The molecular weight excluding hydrogens is 396 g/mol. The van der Waals surface area contributed by atoms with Crippen molar-refractivity contribution in [3.8, 4) is 11.8 Å². The summed E-state index contributed by atoms with van der Waals surface area (Å²) in [5, 5.41) is 15.5. The van der Waals surface area contributed by atoms with Gasteiger partial charge in [-0.05, 0) is 32.5 Å². The molecule has 0 aliphatic carbocycles. The second-order valence-electron chi connectivity index (χ2n) is 7.51. The third kappa shape index (κ3) is 5.73. The second-order valence-corrected chi connectivity index (χ2v) is 7.51. The zero-order valence-electron chi connectivity index (χ0n) is 18.1. The van der Waals surface area contributed by atoms with Crippen LogP contribution < -0.4 is 26.0 Å². The summed E-state index contributed by atoms with van der Waals surface area (Å²) in [7, 11) is 0. The average Bonchev–Trinajstić information content (AvgIpc) is 2.74. The highest BCUT2D eigenvalue weighted by atomic mass is 16.5. The van der Waals surface area contributed by atoms with Crippen LogP contribution in [0.3, 0.4) is 0 Å². The van der Waals surface area contributed by atoms with Crippen LogP contribution in [0.5, 0.6) is 5.75 Å². The molecule has 1 aromatic heterocycles. The summed E-state index contributed by atoms with van der Waals surface area (Å²) < 4.78 is 5.25. The van der Waals surface area contributed by atoms with Gasteiger partial charge in [-0.3, -0.25) is 0 Å². The van der Waals surface area contributed by atoms with Crippen molar-refractivity contribution in [3.63, 3.8) is 0 Å². The topological polar surface area (TPSA) is 132 Å². The SMILES string of the molecule is CCN1CCN(c2ccc(Nc3ncc(C#N)c(NC(C)C)n3)c(OC(N)=O)c2)CC1. The molecule has 1 saturated heterocycles. The molecule has 164 valence electrons. The van der Waals surface area contributed by atoms with Crippen molar-refractivity contribution >= 4 is 29.2 Å². The van der Waals surface area contributed by atoms with Crippen LogP contribution in [-0.4, -0.2) is 59.7 Å². The molecule has 0 spiro atoms. The minimum absolute atomic E-state index is 0.0936. The largest absolute Gasteiger partial charge is 0.410 e. The molecule has 0 unspecified atom stereocenters. The van der Waals surface area contributed by atoms with Crippen molar-refractivity contribution in [1.29, 1.82) is 5.26 Å². The van der Waals surface area contributed by atoms with Crippen molar-refractivity contribution in [2.24, 2.45) is 5.73 Å². The van der Waals surface area contributed by atoms with Gasteiger partial charge in [0.1, 0.15) is 17.5 Å². The van der Waals surface area contributed by atoms with E-state index in [1.807, 2.05) is 19.9 Å². The molecule has 2 aromatic rings. The minimum Gasteiger partial charge on any atom is -0.408 e. The van der Waals surface area contributed by atoms with Gasteiger partial charge in [0, 0.05) is 44.0 Å². The molecule has 10 nitrogen and oxygen atoms in total. The maximum absolute atomic E-state index is 11.5. The third-order valence-electron chi connectivity index (χ3n) is 4.94. The van der Waals surface area contributed by atoms with E-state index in [0.29, 0.717) is 17.1 Å². The molecule has 1 aliphatic heterocycles. The van der Waals surface area contributed by atoms with Crippen LogP contribution in [0.25, 0.3) is 0 Å². The number of hydrogen-bond donors (Lipinski definition) is 3. The number of piperazine rings is 1. The number of primary amides is 1. The van der Waals surface area contributed by atoms with E-state index in [2.05, 4.69) is 43.4 Å². The molecule has 3 rings (SSSR count). The molecule has 1 fully saturated rings. The highest BCUT2D eigenvalue weighted by Gasteiger charge is 2.18. The summed E-state index contributed by atoms with van der Waals surface area (Å²) in [4.78, 5) is 24.7. The van der Waals surface area contributed by atoms with Gasteiger partial charge in [0.25, 0.3) is 0 Å². The fourth-order valence-electron chi connectivity index (χ4n) is 3.35. The lowest BCUT2D eigenvalue weighted by molar-refractivity contribution is 0.211. The van der Waals surface area contributed by atoms with Crippen LogP contribution in [0.4, 0.5) is 27.9 Å². The van der Waals surface area contributed by atoms with Gasteiger partial charge in [-0.1, -0.05) is 6.92 Å². The van der Waals surface area contributed by atoms with E-state index in [4.69, 9.17) is 10.5 Å². The highest BCUT2D eigenvalue weighted by Crippen LogP contribution is 2.32. The van der Waals surface area contributed by atoms with Crippen LogP contribution in [0.15, 0.2) is 24.4 Å². The van der Waals surface area contributed by atoms with Crippen molar-refractivity contribution in [2.45, 2.75) is 26.8 Å². The van der Waals surface area contributed by atoms with Crippen LogP contribution in [0, 0.1) is 11.3 Å². The van der Waals surface area contributed by atoms with Crippen LogP contribution >= 0.6 is 0 Å². The Morgan fingerprint density at radius 1 is 1.32 bits per heavy atom. The van der Waals surface area contributed by atoms with Gasteiger partial charge < -0.3 is 30.9 Å². The maximum Gasteiger partial charge on any atom is 0.410 e. The Bertz CT molecular complexity index is 964. The molecule has 0 radical (unpaired) electrons. The molecular formula is C21H28N8O2. The number of benzene rings is 1. The first kappa shape index (κ1) is 22.1. The van der Waals surface area contributed by atoms with Crippen molar-refractivity contribution in [1.82, 2.24) is 14.9 Å². The number of nitrogens with one attached hydrogen (secondary N) is 2. The number of aromatic nitrogens is 2. The molecule has 0 saturated carbocycles. The zero-order valence-corrected chi connectivity index (χ0v) is 18.1. The molecule has 1 amide bonds. The van der Waals surface area contributed by atoms with E-state index < -0.39 is 6.09 Å². The first-order valence-electron chi connectivity index (χ1n) is 10.3. The van der Waals surface area contributed by atoms with Gasteiger partial charge in [-0.2, -0.15) is 10.2 Å². The van der Waals surface area contributed by atoms with Crippen LogP contribution in [0.2, 0.25) is 0 Å². The summed E-state index contributed by atoms with van der Waals surface area (Å²) in [6.07, 6.45) is 0.537. The number of nitrogens with two attached hydrogens (primary N) is 1. The molecule has 0 bridgehead atoms. The van der Waals surface area contributed by atoms with E-state index in [-0.39, 0.29) is 17.7 Å².